The monoisotopic (exact) mass is 354 g/mol. The fourth-order valence-electron chi connectivity index (χ4n) is 2.80. The number of hydrogen-bond donors (Lipinski definition) is 1. The summed E-state index contributed by atoms with van der Waals surface area (Å²) in [5, 5.41) is 9.11. The second kappa shape index (κ2) is 11.2. The van der Waals surface area contributed by atoms with Gasteiger partial charge in [0.15, 0.2) is 9.84 Å². The van der Waals surface area contributed by atoms with Gasteiger partial charge in [-0.1, -0.05) is 76.8 Å². The first-order valence-corrected chi connectivity index (χ1v) is 10.7. The van der Waals surface area contributed by atoms with Crippen LogP contribution in [0.4, 0.5) is 0 Å². The molecule has 0 amide bonds. The lowest BCUT2D eigenvalue weighted by Crippen LogP contribution is -2.12. The van der Waals surface area contributed by atoms with E-state index in [9.17, 15) is 13.2 Å². The van der Waals surface area contributed by atoms with Gasteiger partial charge in [0, 0.05) is 0 Å². The summed E-state index contributed by atoms with van der Waals surface area (Å²) in [5.41, 5.74) is -0.135. The molecule has 1 aromatic carbocycles. The number of sulfone groups is 1. The van der Waals surface area contributed by atoms with E-state index in [1.54, 1.807) is 12.1 Å². The Morgan fingerprint density at radius 3 is 1.92 bits per heavy atom. The molecular formula is C19H30O4S. The van der Waals surface area contributed by atoms with Crippen molar-refractivity contribution in [3.05, 3.63) is 29.8 Å². The number of carboxylic acids is 1. The SMILES string of the molecule is CCCCCCCCCCCCS(=O)(=O)c1ccccc1C(=O)O. The largest absolute Gasteiger partial charge is 0.478 e. The first kappa shape index (κ1) is 20.7. The molecular weight excluding hydrogens is 324 g/mol. The van der Waals surface area contributed by atoms with Crippen molar-refractivity contribution in [3.63, 3.8) is 0 Å². The lowest BCUT2D eigenvalue weighted by molar-refractivity contribution is 0.0692. The molecule has 0 unspecified atom stereocenters. The Labute approximate surface area is 146 Å². The number of hydrogen-bond acceptors (Lipinski definition) is 3. The van der Waals surface area contributed by atoms with Crippen molar-refractivity contribution in [2.75, 3.05) is 5.75 Å². The minimum absolute atomic E-state index is 0.0216. The quantitative estimate of drug-likeness (QED) is 0.501. The van der Waals surface area contributed by atoms with Gasteiger partial charge in [-0.15, -0.1) is 0 Å². The molecule has 1 rings (SSSR count). The highest BCUT2D eigenvalue weighted by atomic mass is 32.2. The van der Waals surface area contributed by atoms with Crippen molar-refractivity contribution in [2.45, 2.75) is 76.0 Å². The van der Waals surface area contributed by atoms with Crippen LogP contribution in [0, 0.1) is 0 Å². The van der Waals surface area contributed by atoms with Gasteiger partial charge in [0.25, 0.3) is 0 Å². The molecule has 0 aromatic heterocycles. The first-order chi connectivity index (χ1) is 11.5. The van der Waals surface area contributed by atoms with Gasteiger partial charge in [-0.2, -0.15) is 0 Å². The summed E-state index contributed by atoms with van der Waals surface area (Å²) in [4.78, 5) is 11.1. The number of unbranched alkanes of at least 4 members (excludes halogenated alkanes) is 9. The van der Waals surface area contributed by atoms with Crippen LogP contribution in [0.2, 0.25) is 0 Å². The van der Waals surface area contributed by atoms with Crippen molar-refractivity contribution < 1.29 is 18.3 Å². The maximum Gasteiger partial charge on any atom is 0.337 e. The average Bonchev–Trinajstić information content (AvgIpc) is 2.56. The van der Waals surface area contributed by atoms with Crippen LogP contribution in [0.1, 0.15) is 81.5 Å². The van der Waals surface area contributed by atoms with Gasteiger partial charge in [0.05, 0.1) is 16.2 Å². The number of benzene rings is 1. The molecule has 0 saturated carbocycles. The van der Waals surface area contributed by atoms with Crippen molar-refractivity contribution in [2.24, 2.45) is 0 Å². The smallest absolute Gasteiger partial charge is 0.337 e. The highest BCUT2D eigenvalue weighted by Gasteiger charge is 2.21. The summed E-state index contributed by atoms with van der Waals surface area (Å²) in [6, 6.07) is 5.84. The van der Waals surface area contributed by atoms with Gasteiger partial charge in [-0.3, -0.25) is 0 Å². The van der Waals surface area contributed by atoms with E-state index in [4.69, 9.17) is 5.11 Å². The molecule has 0 atom stereocenters. The zero-order chi connectivity index (χ0) is 17.8. The zero-order valence-electron chi connectivity index (χ0n) is 14.7. The van der Waals surface area contributed by atoms with E-state index in [2.05, 4.69) is 6.92 Å². The summed E-state index contributed by atoms with van der Waals surface area (Å²) in [5.74, 6) is -1.18. The molecule has 5 heteroatoms. The van der Waals surface area contributed by atoms with Crippen LogP contribution in [0.5, 0.6) is 0 Å². The van der Waals surface area contributed by atoms with Crippen LogP contribution in [0.25, 0.3) is 0 Å². The van der Waals surface area contributed by atoms with E-state index < -0.39 is 15.8 Å². The molecule has 0 aliphatic carbocycles. The third-order valence-corrected chi connectivity index (χ3v) is 6.07. The van der Waals surface area contributed by atoms with Crippen molar-refractivity contribution in [3.8, 4) is 0 Å². The molecule has 0 aliphatic rings. The molecule has 0 bridgehead atoms. The molecule has 0 spiro atoms. The second-order valence-corrected chi connectivity index (χ2v) is 8.38. The third kappa shape index (κ3) is 7.47. The highest BCUT2D eigenvalue weighted by molar-refractivity contribution is 7.91. The summed E-state index contributed by atoms with van der Waals surface area (Å²) < 4.78 is 24.7. The van der Waals surface area contributed by atoms with Gasteiger partial charge >= 0.3 is 5.97 Å². The predicted octanol–water partition coefficient (Wildman–Crippen LogP) is 5.08. The second-order valence-electron chi connectivity index (χ2n) is 6.30. The Kier molecular flexibility index (Phi) is 9.69. The number of carboxylic acid groups (broad SMARTS) is 1. The Hall–Kier alpha value is -1.36. The zero-order valence-corrected chi connectivity index (χ0v) is 15.5. The van der Waals surface area contributed by atoms with E-state index in [0.717, 1.165) is 19.3 Å². The molecule has 1 N–H and O–H groups in total. The Morgan fingerprint density at radius 2 is 1.38 bits per heavy atom. The lowest BCUT2D eigenvalue weighted by Gasteiger charge is -2.07. The van der Waals surface area contributed by atoms with Crippen LogP contribution < -0.4 is 0 Å². The molecule has 1 aromatic rings. The van der Waals surface area contributed by atoms with E-state index >= 15 is 0 Å². The number of aromatic carboxylic acids is 1. The van der Waals surface area contributed by atoms with Crippen LogP contribution >= 0.6 is 0 Å². The Bertz CT molecular complexity index is 593. The average molecular weight is 355 g/mol. The van der Waals surface area contributed by atoms with Gasteiger partial charge in [0.2, 0.25) is 0 Å². The van der Waals surface area contributed by atoms with Crippen molar-refractivity contribution >= 4 is 15.8 Å². The Balaban J connectivity index is 2.29. The van der Waals surface area contributed by atoms with Crippen molar-refractivity contribution in [1.82, 2.24) is 0 Å². The standard InChI is InChI=1S/C19H30O4S/c1-2-3-4-5-6-7-8-9-10-13-16-24(22,23)18-15-12-11-14-17(18)19(20)21/h11-12,14-15H,2-10,13,16H2,1H3,(H,20,21). The first-order valence-electron chi connectivity index (χ1n) is 9.04. The summed E-state index contributed by atoms with van der Waals surface area (Å²) in [6.45, 7) is 2.21. The Morgan fingerprint density at radius 1 is 0.875 bits per heavy atom. The van der Waals surface area contributed by atoms with Crippen LogP contribution in [0.15, 0.2) is 29.2 Å². The number of rotatable bonds is 13. The molecule has 24 heavy (non-hydrogen) atoms. The van der Waals surface area contributed by atoms with Crippen molar-refractivity contribution in [1.29, 1.82) is 0 Å². The maximum absolute atomic E-state index is 12.3. The minimum Gasteiger partial charge on any atom is -0.478 e. The minimum atomic E-state index is -3.52. The molecule has 4 nitrogen and oxygen atoms in total. The van der Waals surface area contributed by atoms with E-state index in [1.165, 1.54) is 50.7 Å². The van der Waals surface area contributed by atoms with Gasteiger partial charge in [-0.25, -0.2) is 13.2 Å². The number of carbonyl (C=O) groups is 1. The van der Waals surface area contributed by atoms with E-state index in [0.29, 0.717) is 6.42 Å². The predicted molar refractivity (Wildman–Crippen MR) is 97.3 cm³/mol. The van der Waals surface area contributed by atoms with Gasteiger partial charge in [-0.05, 0) is 18.6 Å². The molecule has 0 radical (unpaired) electrons. The fraction of sp³-hybridized carbons (Fsp3) is 0.632. The van der Waals surface area contributed by atoms with Crippen LogP contribution in [-0.4, -0.2) is 25.2 Å². The van der Waals surface area contributed by atoms with Gasteiger partial charge < -0.3 is 5.11 Å². The fourth-order valence-corrected chi connectivity index (χ4v) is 4.38. The highest BCUT2D eigenvalue weighted by Crippen LogP contribution is 2.19. The van der Waals surface area contributed by atoms with Crippen LogP contribution in [0.3, 0.4) is 0 Å². The molecule has 0 heterocycles. The van der Waals surface area contributed by atoms with E-state index in [-0.39, 0.29) is 16.2 Å². The maximum atomic E-state index is 12.3. The summed E-state index contributed by atoms with van der Waals surface area (Å²) >= 11 is 0. The normalized spacial score (nSPS) is 11.5. The van der Waals surface area contributed by atoms with E-state index in [1.807, 2.05) is 0 Å². The topological polar surface area (TPSA) is 71.4 Å². The molecule has 0 fully saturated rings. The third-order valence-electron chi connectivity index (χ3n) is 4.22. The molecule has 0 aliphatic heterocycles. The molecule has 136 valence electrons. The molecule has 0 saturated heterocycles. The lowest BCUT2D eigenvalue weighted by atomic mass is 10.1. The van der Waals surface area contributed by atoms with Gasteiger partial charge in [0.1, 0.15) is 0 Å². The summed E-state index contributed by atoms with van der Waals surface area (Å²) in [6.07, 6.45) is 11.3. The van der Waals surface area contributed by atoms with Crippen LogP contribution in [-0.2, 0) is 9.84 Å². The summed E-state index contributed by atoms with van der Waals surface area (Å²) in [7, 11) is -3.52.